The SMILES string of the molecule is c1ccc(C2(C3CCCOC3)OCCC2n2cccn2)nc1. The van der Waals surface area contributed by atoms with E-state index in [4.69, 9.17) is 9.47 Å². The zero-order chi connectivity index (χ0) is 14.8. The van der Waals surface area contributed by atoms with Crippen LogP contribution < -0.4 is 0 Å². The number of aromatic nitrogens is 3. The molecule has 116 valence electrons. The summed E-state index contributed by atoms with van der Waals surface area (Å²) in [5, 5.41) is 4.48. The highest BCUT2D eigenvalue weighted by Gasteiger charge is 2.54. The molecule has 2 aromatic heterocycles. The predicted octanol–water partition coefficient (Wildman–Crippen LogP) is 2.56. The standard InChI is InChI=1S/C17H21N3O2/c1-2-8-18-15(6-1)17(14-5-3-11-21-13-14)16(7-12-22-17)20-10-4-9-19-20/h1-2,4,6,8-10,14,16H,3,5,7,11-13H2. The molecule has 2 aliphatic rings. The van der Waals surface area contributed by atoms with Crippen LogP contribution in [0.15, 0.2) is 42.9 Å². The second-order valence-electron chi connectivity index (χ2n) is 6.06. The van der Waals surface area contributed by atoms with Gasteiger partial charge in [0.25, 0.3) is 0 Å². The number of ether oxygens (including phenoxy) is 2. The lowest BCUT2D eigenvalue weighted by atomic mass is 9.76. The molecule has 4 rings (SSSR count). The van der Waals surface area contributed by atoms with Crippen LogP contribution in [0.1, 0.15) is 31.0 Å². The number of hydrogen-bond donors (Lipinski definition) is 0. The Morgan fingerprint density at radius 1 is 1.14 bits per heavy atom. The van der Waals surface area contributed by atoms with Crippen molar-refractivity contribution in [3.8, 4) is 0 Å². The van der Waals surface area contributed by atoms with Crippen molar-refractivity contribution in [3.05, 3.63) is 48.5 Å². The second kappa shape index (κ2) is 5.82. The summed E-state index contributed by atoms with van der Waals surface area (Å²) in [5.41, 5.74) is 0.566. The van der Waals surface area contributed by atoms with Crippen LogP contribution in [0.3, 0.4) is 0 Å². The molecule has 2 aliphatic heterocycles. The maximum absolute atomic E-state index is 6.40. The molecule has 3 atom stereocenters. The Hall–Kier alpha value is -1.72. The molecule has 3 unspecified atom stereocenters. The van der Waals surface area contributed by atoms with Gasteiger partial charge in [0.2, 0.25) is 0 Å². The van der Waals surface area contributed by atoms with E-state index in [1.54, 1.807) is 0 Å². The lowest BCUT2D eigenvalue weighted by Crippen LogP contribution is -2.45. The minimum Gasteiger partial charge on any atom is -0.381 e. The summed E-state index contributed by atoms with van der Waals surface area (Å²) in [4.78, 5) is 4.65. The van der Waals surface area contributed by atoms with Gasteiger partial charge in [0.05, 0.1) is 24.9 Å². The van der Waals surface area contributed by atoms with Crippen LogP contribution in [0.4, 0.5) is 0 Å². The first-order valence-electron chi connectivity index (χ1n) is 8.03. The molecule has 2 saturated heterocycles. The van der Waals surface area contributed by atoms with Gasteiger partial charge in [-0.2, -0.15) is 5.10 Å². The van der Waals surface area contributed by atoms with Crippen LogP contribution in [0.5, 0.6) is 0 Å². The molecular weight excluding hydrogens is 278 g/mol. The Morgan fingerprint density at radius 2 is 2.14 bits per heavy atom. The van der Waals surface area contributed by atoms with Crippen LogP contribution in [-0.2, 0) is 15.1 Å². The average molecular weight is 299 g/mol. The summed E-state index contributed by atoms with van der Waals surface area (Å²) in [6, 6.07) is 8.21. The molecule has 0 radical (unpaired) electrons. The van der Waals surface area contributed by atoms with Crippen LogP contribution in [0.2, 0.25) is 0 Å². The normalized spacial score (nSPS) is 32.2. The molecule has 0 bridgehead atoms. The van der Waals surface area contributed by atoms with E-state index in [0.717, 1.165) is 44.8 Å². The summed E-state index contributed by atoms with van der Waals surface area (Å²) >= 11 is 0. The fourth-order valence-corrected chi connectivity index (χ4v) is 3.96. The molecule has 0 aromatic carbocycles. The Bertz CT molecular complexity index is 596. The van der Waals surface area contributed by atoms with Gasteiger partial charge >= 0.3 is 0 Å². The lowest BCUT2D eigenvalue weighted by molar-refractivity contribution is -0.118. The Morgan fingerprint density at radius 3 is 2.86 bits per heavy atom. The highest BCUT2D eigenvalue weighted by molar-refractivity contribution is 5.20. The first-order chi connectivity index (χ1) is 10.9. The van der Waals surface area contributed by atoms with Gasteiger partial charge in [-0.1, -0.05) is 6.07 Å². The van der Waals surface area contributed by atoms with Crippen LogP contribution >= 0.6 is 0 Å². The molecule has 0 saturated carbocycles. The Labute approximate surface area is 130 Å². The smallest absolute Gasteiger partial charge is 0.137 e. The second-order valence-corrected chi connectivity index (χ2v) is 6.06. The molecule has 4 heterocycles. The molecule has 5 heteroatoms. The van der Waals surface area contributed by atoms with Crippen molar-refractivity contribution in [1.29, 1.82) is 0 Å². The van der Waals surface area contributed by atoms with Crippen molar-refractivity contribution < 1.29 is 9.47 Å². The minimum absolute atomic E-state index is 0.170. The number of pyridine rings is 1. The maximum atomic E-state index is 6.40. The zero-order valence-corrected chi connectivity index (χ0v) is 12.6. The van der Waals surface area contributed by atoms with Crippen molar-refractivity contribution in [2.75, 3.05) is 19.8 Å². The third kappa shape index (κ3) is 2.16. The highest BCUT2D eigenvalue weighted by Crippen LogP contribution is 2.50. The molecule has 0 amide bonds. The molecule has 0 N–H and O–H groups in total. The van der Waals surface area contributed by atoms with Crippen LogP contribution in [0, 0.1) is 5.92 Å². The topological polar surface area (TPSA) is 49.2 Å². The third-order valence-corrected chi connectivity index (χ3v) is 4.90. The molecule has 2 fully saturated rings. The Kier molecular flexibility index (Phi) is 3.68. The largest absolute Gasteiger partial charge is 0.381 e. The first kappa shape index (κ1) is 13.9. The summed E-state index contributed by atoms with van der Waals surface area (Å²) < 4.78 is 14.2. The van der Waals surface area contributed by atoms with E-state index in [1.807, 2.05) is 41.5 Å². The van der Waals surface area contributed by atoms with Crippen molar-refractivity contribution in [2.24, 2.45) is 5.92 Å². The molecule has 5 nitrogen and oxygen atoms in total. The first-order valence-corrected chi connectivity index (χ1v) is 8.03. The summed E-state index contributed by atoms with van der Waals surface area (Å²) in [6.07, 6.45) is 8.85. The molecule has 2 aromatic rings. The van der Waals surface area contributed by atoms with Crippen molar-refractivity contribution in [2.45, 2.75) is 30.9 Å². The summed E-state index contributed by atoms with van der Waals surface area (Å²) in [6.45, 7) is 2.31. The maximum Gasteiger partial charge on any atom is 0.137 e. The van der Waals surface area contributed by atoms with Crippen molar-refractivity contribution in [3.63, 3.8) is 0 Å². The van der Waals surface area contributed by atoms with Gasteiger partial charge in [0.15, 0.2) is 0 Å². The fourth-order valence-electron chi connectivity index (χ4n) is 3.96. The van der Waals surface area contributed by atoms with Gasteiger partial charge in [-0.05, 0) is 37.5 Å². The number of rotatable bonds is 3. The van der Waals surface area contributed by atoms with Gasteiger partial charge in [-0.25, -0.2) is 0 Å². The van der Waals surface area contributed by atoms with E-state index in [2.05, 4.69) is 16.1 Å². The van der Waals surface area contributed by atoms with Crippen molar-refractivity contribution >= 4 is 0 Å². The van der Waals surface area contributed by atoms with E-state index in [9.17, 15) is 0 Å². The van der Waals surface area contributed by atoms with E-state index >= 15 is 0 Å². The quantitative estimate of drug-likeness (QED) is 0.874. The molecule has 22 heavy (non-hydrogen) atoms. The third-order valence-electron chi connectivity index (χ3n) is 4.90. The van der Waals surface area contributed by atoms with E-state index in [1.165, 1.54) is 0 Å². The van der Waals surface area contributed by atoms with Gasteiger partial charge in [0, 0.05) is 31.1 Å². The molecular formula is C17H21N3O2. The summed E-state index contributed by atoms with van der Waals surface area (Å²) in [7, 11) is 0. The average Bonchev–Trinajstić information content (AvgIpc) is 3.26. The summed E-state index contributed by atoms with van der Waals surface area (Å²) in [5.74, 6) is 0.313. The van der Waals surface area contributed by atoms with Crippen LogP contribution in [-0.4, -0.2) is 34.6 Å². The van der Waals surface area contributed by atoms with Gasteiger partial charge in [-0.3, -0.25) is 9.67 Å². The molecule has 0 spiro atoms. The Balaban J connectivity index is 1.81. The monoisotopic (exact) mass is 299 g/mol. The van der Waals surface area contributed by atoms with E-state index in [0.29, 0.717) is 5.92 Å². The predicted molar refractivity (Wildman–Crippen MR) is 81.3 cm³/mol. The van der Waals surface area contributed by atoms with Gasteiger partial charge in [0.1, 0.15) is 5.60 Å². The fraction of sp³-hybridized carbons (Fsp3) is 0.529. The van der Waals surface area contributed by atoms with Gasteiger partial charge in [-0.15, -0.1) is 0 Å². The van der Waals surface area contributed by atoms with Crippen molar-refractivity contribution in [1.82, 2.24) is 14.8 Å². The molecule has 0 aliphatic carbocycles. The zero-order valence-electron chi connectivity index (χ0n) is 12.6. The number of nitrogens with zero attached hydrogens (tertiary/aromatic N) is 3. The van der Waals surface area contributed by atoms with Crippen LogP contribution in [0.25, 0.3) is 0 Å². The lowest BCUT2D eigenvalue weighted by Gasteiger charge is -2.42. The van der Waals surface area contributed by atoms with E-state index < -0.39 is 5.60 Å². The van der Waals surface area contributed by atoms with E-state index in [-0.39, 0.29) is 6.04 Å². The minimum atomic E-state index is -0.437. The van der Waals surface area contributed by atoms with Gasteiger partial charge < -0.3 is 9.47 Å². The number of hydrogen-bond acceptors (Lipinski definition) is 4. The highest BCUT2D eigenvalue weighted by atomic mass is 16.5.